The average Bonchev–Trinajstić information content (AvgIpc) is 0. The molecule has 0 aromatic carbocycles. The van der Waals surface area contributed by atoms with Gasteiger partial charge in [0.05, 0.1) is 0 Å². The number of hydrogen-bond donors (Lipinski definition) is 0. The summed E-state index contributed by atoms with van der Waals surface area (Å²) < 4.78 is 0. The summed E-state index contributed by atoms with van der Waals surface area (Å²) >= 11 is 0. The Labute approximate surface area is 112 Å². The zero-order chi connectivity index (χ0) is 0. The van der Waals surface area contributed by atoms with Crippen LogP contribution in [0.4, 0.5) is 0 Å². The van der Waals surface area contributed by atoms with Crippen LogP contribution in [0, 0.1) is 35.6 Å². The molecule has 0 aromatic rings. The Morgan fingerprint density at radius 1 is 0.667 bits per heavy atom. The summed E-state index contributed by atoms with van der Waals surface area (Å²) in [6, 6.07) is 0. The molecule has 6 heavy (non-hydrogen) atoms. The maximum atomic E-state index is 0. The van der Waals surface area contributed by atoms with E-state index in [1.165, 1.54) is 0 Å². The Kier molecular flexibility index (Phi) is 446. The van der Waals surface area contributed by atoms with Crippen LogP contribution in [0.1, 0.15) is 0 Å². The predicted molar refractivity (Wildman–Crippen MR) is 19.4 cm³/mol. The van der Waals surface area contributed by atoms with Gasteiger partial charge in [0.2, 0.25) is 0 Å². The SMILES string of the molecule is O.O.O.[La].[Mn].[SrH2]. The summed E-state index contributed by atoms with van der Waals surface area (Å²) in [4.78, 5) is 0. The van der Waals surface area contributed by atoms with Crippen molar-refractivity contribution in [2.24, 2.45) is 0 Å². The van der Waals surface area contributed by atoms with Gasteiger partial charge in [0.25, 0.3) is 0 Å². The van der Waals surface area contributed by atoms with Crippen LogP contribution in [0.15, 0.2) is 0 Å². The second-order valence-corrected chi connectivity index (χ2v) is 0. The molecule has 0 aliphatic rings. The van der Waals surface area contributed by atoms with Gasteiger partial charge in [-0.05, 0) is 0 Å². The van der Waals surface area contributed by atoms with E-state index in [4.69, 9.17) is 0 Å². The van der Waals surface area contributed by atoms with Gasteiger partial charge in [-0.15, -0.1) is 0 Å². The van der Waals surface area contributed by atoms with Crippen molar-refractivity contribution in [1.82, 2.24) is 0 Å². The van der Waals surface area contributed by atoms with Crippen LogP contribution in [0.5, 0.6) is 0 Å². The van der Waals surface area contributed by atoms with Crippen LogP contribution >= 0.6 is 0 Å². The molecule has 0 spiro atoms. The van der Waals surface area contributed by atoms with Gasteiger partial charge in [0, 0.05) is 52.7 Å². The molecule has 0 aliphatic carbocycles. The first-order chi connectivity index (χ1) is 0. The third-order valence-corrected chi connectivity index (χ3v) is 0. The van der Waals surface area contributed by atoms with Crippen molar-refractivity contribution in [3.8, 4) is 0 Å². The fraction of sp³-hybridized carbons (Fsp3) is 0. The standard InChI is InChI=1S/La.Mn.3H2O.Sr.2H/h;;3*1H2;;;. The van der Waals surface area contributed by atoms with E-state index in [1.807, 2.05) is 0 Å². The van der Waals surface area contributed by atoms with E-state index in [0.717, 1.165) is 0 Å². The fourth-order valence-electron chi connectivity index (χ4n) is 0. The maximum absolute atomic E-state index is 0. The zero-order valence-electron chi connectivity index (χ0n) is 2.46. The molecule has 0 amide bonds. The topological polar surface area (TPSA) is 94.5 Å². The minimum atomic E-state index is 0. The minimum absolute atomic E-state index is 0. The van der Waals surface area contributed by atoms with Crippen molar-refractivity contribution in [3.05, 3.63) is 0 Å². The number of hydrogen-bond acceptors (Lipinski definition) is 0. The molecular weight excluding hydrogens is 329 g/mol. The van der Waals surface area contributed by atoms with Gasteiger partial charge in [0.1, 0.15) is 0 Å². The quantitative estimate of drug-likeness (QED) is 0.412. The van der Waals surface area contributed by atoms with Gasteiger partial charge in [-0.25, -0.2) is 0 Å². The van der Waals surface area contributed by atoms with Crippen LogP contribution in [0.3, 0.4) is 0 Å². The summed E-state index contributed by atoms with van der Waals surface area (Å²) in [6.07, 6.45) is 0. The molecule has 0 fully saturated rings. The number of rotatable bonds is 0. The van der Waals surface area contributed by atoms with E-state index in [9.17, 15) is 0 Å². The van der Waals surface area contributed by atoms with Crippen LogP contribution in [-0.2, 0) is 17.1 Å². The molecule has 0 aromatic heterocycles. The van der Waals surface area contributed by atoms with Crippen LogP contribution in [-0.4, -0.2) is 61.9 Å². The predicted octanol–water partition coefficient (Wildman–Crippen LogP) is -3.39. The van der Waals surface area contributed by atoms with Crippen molar-refractivity contribution in [2.75, 3.05) is 0 Å². The summed E-state index contributed by atoms with van der Waals surface area (Å²) in [5, 5.41) is 0. The van der Waals surface area contributed by atoms with Crippen LogP contribution < -0.4 is 0 Å². The summed E-state index contributed by atoms with van der Waals surface area (Å²) in [6.45, 7) is 0. The summed E-state index contributed by atoms with van der Waals surface area (Å²) in [5.74, 6) is 0. The van der Waals surface area contributed by atoms with Gasteiger partial charge in [-0.1, -0.05) is 0 Å². The van der Waals surface area contributed by atoms with Crippen molar-refractivity contribution in [1.29, 1.82) is 0 Å². The van der Waals surface area contributed by atoms with Crippen LogP contribution in [0.25, 0.3) is 0 Å². The molecule has 0 unspecified atom stereocenters. The van der Waals surface area contributed by atoms with E-state index in [2.05, 4.69) is 0 Å². The van der Waals surface area contributed by atoms with Gasteiger partial charge in [-0.3, -0.25) is 0 Å². The third-order valence-electron chi connectivity index (χ3n) is 0. The molecule has 0 aliphatic heterocycles. The van der Waals surface area contributed by atoms with Crippen LogP contribution in [0.2, 0.25) is 0 Å². The summed E-state index contributed by atoms with van der Waals surface area (Å²) in [5.41, 5.74) is 0. The molecule has 3 nitrogen and oxygen atoms in total. The molecule has 0 rings (SSSR count). The van der Waals surface area contributed by atoms with Crippen molar-refractivity contribution in [3.63, 3.8) is 0 Å². The fourth-order valence-corrected chi connectivity index (χ4v) is 0. The summed E-state index contributed by atoms with van der Waals surface area (Å²) in [7, 11) is 0. The van der Waals surface area contributed by atoms with Crippen molar-refractivity contribution in [2.45, 2.75) is 0 Å². The Morgan fingerprint density at radius 2 is 0.667 bits per heavy atom. The molecule has 0 atom stereocenters. The van der Waals surface area contributed by atoms with Gasteiger partial charge in [-0.2, -0.15) is 0 Å². The Balaban J connectivity index is 0. The van der Waals surface area contributed by atoms with Gasteiger partial charge >= 0.3 is 45.5 Å². The Morgan fingerprint density at radius 3 is 0.667 bits per heavy atom. The van der Waals surface area contributed by atoms with E-state index in [0.29, 0.717) is 0 Å². The zero-order valence-corrected chi connectivity index (χ0v) is 7.26. The van der Waals surface area contributed by atoms with E-state index in [1.54, 1.807) is 0 Å². The first-order valence-corrected chi connectivity index (χ1v) is 0. The third kappa shape index (κ3) is 27.6. The normalized spacial score (nSPS) is 0. The van der Waals surface area contributed by atoms with E-state index >= 15 is 0 Å². The van der Waals surface area contributed by atoms with Crippen molar-refractivity contribution < 1.29 is 69.1 Å². The molecule has 6 N–H and O–H groups in total. The Hall–Kier alpha value is 3.07. The van der Waals surface area contributed by atoms with Crippen molar-refractivity contribution >= 4 is 45.5 Å². The van der Waals surface area contributed by atoms with E-state index in [-0.39, 0.29) is 115 Å². The Bertz CT molecular complexity index is 10.8. The first kappa shape index (κ1) is 62.6. The first-order valence-electron chi connectivity index (χ1n) is 0. The van der Waals surface area contributed by atoms with E-state index < -0.39 is 0 Å². The second kappa shape index (κ2) is 42.7. The molecule has 0 bridgehead atoms. The molecule has 38 valence electrons. The molecule has 6 heteroatoms. The molecule has 0 saturated carbocycles. The monoisotopic (exact) mass is 338 g/mol. The molecular formula is H8LaMnO3Sr. The molecule has 2 radical (unpaired) electrons. The second-order valence-electron chi connectivity index (χ2n) is 0. The molecule has 0 saturated heterocycles. The van der Waals surface area contributed by atoms with Gasteiger partial charge < -0.3 is 16.4 Å². The average molecular weight is 338 g/mol. The molecule has 0 heterocycles. The van der Waals surface area contributed by atoms with Gasteiger partial charge in [0.15, 0.2) is 0 Å².